The van der Waals surface area contributed by atoms with E-state index in [0.717, 1.165) is 24.7 Å². The molecule has 1 aliphatic heterocycles. The van der Waals surface area contributed by atoms with Gasteiger partial charge in [-0.3, -0.25) is 0 Å². The van der Waals surface area contributed by atoms with Crippen LogP contribution in [0.2, 0.25) is 0 Å². The van der Waals surface area contributed by atoms with Gasteiger partial charge in [0.1, 0.15) is 0 Å². The van der Waals surface area contributed by atoms with E-state index in [9.17, 15) is 0 Å². The van der Waals surface area contributed by atoms with Crippen molar-refractivity contribution >= 4 is 16.9 Å². The van der Waals surface area contributed by atoms with Crippen molar-refractivity contribution in [3.8, 4) is 5.19 Å². The maximum atomic E-state index is 5.05. The van der Waals surface area contributed by atoms with Gasteiger partial charge in [0.25, 0.3) is 5.19 Å². The maximum Gasteiger partial charge on any atom is 0.273 e. The number of aromatic nitrogens is 1. The molecule has 0 amide bonds. The number of methoxy groups -OCH3 is 1. The first kappa shape index (κ1) is 8.72. The highest BCUT2D eigenvalue weighted by Gasteiger charge is 2.09. The summed E-state index contributed by atoms with van der Waals surface area (Å²) in [5.41, 5.74) is 1.34. The zero-order chi connectivity index (χ0) is 9.10. The van der Waals surface area contributed by atoms with Crippen LogP contribution in [0.15, 0.2) is 12.3 Å². The topological polar surface area (TPSA) is 34.1 Å². The molecule has 0 unspecified atom stereocenters. The minimum atomic E-state index is 0.737. The number of thiazole rings is 1. The van der Waals surface area contributed by atoms with Gasteiger partial charge in [-0.2, -0.15) is 0 Å². The standard InChI is InChI=1S/C9H12N2OS/c1-12-9-11-6-8(13-9)7-3-2-4-10-5-7/h3,6,10H,2,4-5H2,1H3. The van der Waals surface area contributed by atoms with Gasteiger partial charge < -0.3 is 10.1 Å². The predicted molar refractivity (Wildman–Crippen MR) is 54.1 cm³/mol. The quantitative estimate of drug-likeness (QED) is 0.779. The average molecular weight is 196 g/mol. The Morgan fingerprint density at radius 2 is 2.54 bits per heavy atom. The molecule has 0 radical (unpaired) electrons. The maximum absolute atomic E-state index is 5.05. The molecule has 13 heavy (non-hydrogen) atoms. The summed E-state index contributed by atoms with van der Waals surface area (Å²) in [6, 6.07) is 0. The van der Waals surface area contributed by atoms with Gasteiger partial charge in [0, 0.05) is 12.7 Å². The van der Waals surface area contributed by atoms with Crippen molar-refractivity contribution in [3.05, 3.63) is 17.2 Å². The molecule has 0 atom stereocenters. The third kappa shape index (κ3) is 1.89. The molecule has 0 saturated carbocycles. The molecule has 0 spiro atoms. The van der Waals surface area contributed by atoms with Crippen LogP contribution in [0.5, 0.6) is 5.19 Å². The number of ether oxygens (including phenoxy) is 1. The van der Waals surface area contributed by atoms with Gasteiger partial charge in [-0.05, 0) is 18.5 Å². The van der Waals surface area contributed by atoms with Gasteiger partial charge >= 0.3 is 0 Å². The molecule has 70 valence electrons. The van der Waals surface area contributed by atoms with Crippen LogP contribution in [0.1, 0.15) is 11.3 Å². The largest absolute Gasteiger partial charge is 0.473 e. The molecule has 4 heteroatoms. The Bertz CT molecular complexity index is 319. The average Bonchev–Trinajstić information content (AvgIpc) is 2.67. The Morgan fingerprint density at radius 3 is 3.15 bits per heavy atom. The molecule has 1 aliphatic rings. The number of nitrogens with one attached hydrogen (secondary N) is 1. The Labute approximate surface area is 81.4 Å². The fourth-order valence-electron chi connectivity index (χ4n) is 1.33. The van der Waals surface area contributed by atoms with Crippen molar-refractivity contribution < 1.29 is 4.74 Å². The molecule has 0 bridgehead atoms. The summed E-state index contributed by atoms with van der Waals surface area (Å²) < 4.78 is 5.05. The second-order valence-corrected chi connectivity index (χ2v) is 3.88. The van der Waals surface area contributed by atoms with Gasteiger partial charge in [-0.1, -0.05) is 17.4 Å². The summed E-state index contributed by atoms with van der Waals surface area (Å²) in [7, 11) is 1.65. The second-order valence-electron chi connectivity index (χ2n) is 2.89. The van der Waals surface area contributed by atoms with Crippen molar-refractivity contribution in [3.63, 3.8) is 0 Å². The minimum Gasteiger partial charge on any atom is -0.473 e. The molecule has 1 aromatic heterocycles. The monoisotopic (exact) mass is 196 g/mol. The van der Waals surface area contributed by atoms with E-state index in [1.807, 2.05) is 6.20 Å². The lowest BCUT2D eigenvalue weighted by atomic mass is 10.1. The van der Waals surface area contributed by atoms with E-state index in [1.165, 1.54) is 10.5 Å². The molecule has 0 saturated heterocycles. The molecular formula is C9H12N2OS. The zero-order valence-electron chi connectivity index (χ0n) is 7.54. The van der Waals surface area contributed by atoms with Crippen LogP contribution in [-0.2, 0) is 0 Å². The lowest BCUT2D eigenvalue weighted by Gasteiger charge is -2.11. The van der Waals surface area contributed by atoms with Crippen LogP contribution in [0, 0.1) is 0 Å². The summed E-state index contributed by atoms with van der Waals surface area (Å²) in [5, 5.41) is 4.07. The van der Waals surface area contributed by atoms with Gasteiger partial charge in [-0.15, -0.1) is 0 Å². The van der Waals surface area contributed by atoms with Crippen molar-refractivity contribution in [2.75, 3.05) is 20.2 Å². The molecule has 1 N–H and O–H groups in total. The van der Waals surface area contributed by atoms with Gasteiger partial charge in [-0.25, -0.2) is 4.98 Å². The Kier molecular flexibility index (Phi) is 2.61. The van der Waals surface area contributed by atoms with Crippen molar-refractivity contribution in [2.45, 2.75) is 6.42 Å². The van der Waals surface area contributed by atoms with Gasteiger partial charge in [0.2, 0.25) is 0 Å². The molecule has 0 aliphatic carbocycles. The summed E-state index contributed by atoms with van der Waals surface area (Å²) in [6.45, 7) is 2.03. The van der Waals surface area contributed by atoms with Gasteiger partial charge in [0.15, 0.2) is 0 Å². The van der Waals surface area contributed by atoms with E-state index in [-0.39, 0.29) is 0 Å². The molecule has 3 nitrogen and oxygen atoms in total. The number of nitrogens with zero attached hydrogens (tertiary/aromatic N) is 1. The second kappa shape index (κ2) is 3.89. The van der Waals surface area contributed by atoms with Crippen molar-refractivity contribution in [1.29, 1.82) is 0 Å². The molecule has 1 aromatic rings. The number of hydrogen-bond acceptors (Lipinski definition) is 4. The third-order valence-corrected chi connectivity index (χ3v) is 3.04. The summed E-state index contributed by atoms with van der Waals surface area (Å²) in [6.07, 6.45) is 5.25. The molecule has 0 fully saturated rings. The fraction of sp³-hybridized carbons (Fsp3) is 0.444. The van der Waals surface area contributed by atoms with E-state index in [1.54, 1.807) is 18.4 Å². The van der Waals surface area contributed by atoms with E-state index in [2.05, 4.69) is 16.4 Å². The Morgan fingerprint density at radius 1 is 1.62 bits per heavy atom. The minimum absolute atomic E-state index is 0.737. The first-order valence-corrected chi connectivity index (χ1v) is 5.12. The van der Waals surface area contributed by atoms with E-state index >= 15 is 0 Å². The zero-order valence-corrected chi connectivity index (χ0v) is 8.36. The van der Waals surface area contributed by atoms with Crippen LogP contribution < -0.4 is 10.1 Å². The van der Waals surface area contributed by atoms with Crippen LogP contribution >= 0.6 is 11.3 Å². The highest BCUT2D eigenvalue weighted by Crippen LogP contribution is 2.27. The van der Waals surface area contributed by atoms with E-state index in [4.69, 9.17) is 4.74 Å². The van der Waals surface area contributed by atoms with Crippen molar-refractivity contribution in [1.82, 2.24) is 10.3 Å². The van der Waals surface area contributed by atoms with E-state index in [0.29, 0.717) is 0 Å². The molecule has 2 rings (SSSR count). The van der Waals surface area contributed by atoms with E-state index < -0.39 is 0 Å². The van der Waals surface area contributed by atoms with Crippen LogP contribution in [0.3, 0.4) is 0 Å². The van der Waals surface area contributed by atoms with Gasteiger partial charge in [0.05, 0.1) is 12.0 Å². The highest BCUT2D eigenvalue weighted by atomic mass is 32.1. The molecule has 0 aromatic carbocycles. The predicted octanol–water partition coefficient (Wildman–Crippen LogP) is 1.53. The lowest BCUT2D eigenvalue weighted by Crippen LogP contribution is -2.21. The molecular weight excluding hydrogens is 184 g/mol. The smallest absolute Gasteiger partial charge is 0.273 e. The fourth-order valence-corrected chi connectivity index (χ4v) is 2.10. The number of rotatable bonds is 2. The van der Waals surface area contributed by atoms with Crippen LogP contribution in [0.25, 0.3) is 5.57 Å². The van der Waals surface area contributed by atoms with Crippen LogP contribution in [0.4, 0.5) is 0 Å². The van der Waals surface area contributed by atoms with Crippen LogP contribution in [-0.4, -0.2) is 25.2 Å². The highest BCUT2D eigenvalue weighted by molar-refractivity contribution is 7.14. The Balaban J connectivity index is 2.19. The summed E-state index contributed by atoms with van der Waals surface area (Å²) in [5.74, 6) is 0. The molecule has 2 heterocycles. The first-order chi connectivity index (χ1) is 6.40. The first-order valence-electron chi connectivity index (χ1n) is 4.30. The lowest BCUT2D eigenvalue weighted by molar-refractivity contribution is 0.412. The van der Waals surface area contributed by atoms with Crippen molar-refractivity contribution in [2.24, 2.45) is 0 Å². The summed E-state index contributed by atoms with van der Waals surface area (Å²) >= 11 is 1.60. The third-order valence-electron chi connectivity index (χ3n) is 2.00. The summed E-state index contributed by atoms with van der Waals surface area (Å²) in [4.78, 5) is 5.35. The number of hydrogen-bond donors (Lipinski definition) is 1. The SMILES string of the molecule is COc1ncc(C2=CCCNC2)s1. The Hall–Kier alpha value is -0.870. The normalized spacial score (nSPS) is 16.8.